The molecule has 0 aliphatic heterocycles. The molecule has 1 amide bonds. The minimum absolute atomic E-state index is 0.0727. The van der Waals surface area contributed by atoms with E-state index in [4.69, 9.17) is 4.74 Å². The van der Waals surface area contributed by atoms with Crippen molar-refractivity contribution in [2.75, 3.05) is 11.9 Å². The number of ether oxygens (including phenoxy) is 1. The summed E-state index contributed by atoms with van der Waals surface area (Å²) in [7, 11) is 0. The number of phenolic OH excluding ortho intramolecular Hbond substituents is 1. The molecule has 0 saturated carbocycles. The van der Waals surface area contributed by atoms with Crippen molar-refractivity contribution in [3.05, 3.63) is 54.1 Å². The zero-order chi connectivity index (χ0) is 15.2. The Morgan fingerprint density at radius 3 is 2.52 bits per heavy atom. The number of phenols is 1. The third-order valence-corrected chi connectivity index (χ3v) is 3.05. The Morgan fingerprint density at radius 1 is 1.19 bits per heavy atom. The van der Waals surface area contributed by atoms with Gasteiger partial charge in [0.15, 0.2) is 6.61 Å². The van der Waals surface area contributed by atoms with Crippen LogP contribution in [0, 0.1) is 0 Å². The van der Waals surface area contributed by atoms with Gasteiger partial charge >= 0.3 is 0 Å². The van der Waals surface area contributed by atoms with Crippen LogP contribution in [0.25, 0.3) is 0 Å². The molecule has 4 nitrogen and oxygen atoms in total. The summed E-state index contributed by atoms with van der Waals surface area (Å²) in [5.74, 6) is 0.963. The Kier molecular flexibility index (Phi) is 4.82. The summed E-state index contributed by atoms with van der Waals surface area (Å²) in [6.07, 6.45) is 0. The fourth-order valence-corrected chi connectivity index (χ4v) is 1.88. The molecule has 2 aromatic rings. The Hall–Kier alpha value is -2.49. The van der Waals surface area contributed by atoms with Crippen LogP contribution < -0.4 is 10.1 Å². The second-order valence-electron chi connectivity index (χ2n) is 5.11. The monoisotopic (exact) mass is 285 g/mol. The van der Waals surface area contributed by atoms with Crippen molar-refractivity contribution in [2.24, 2.45) is 0 Å². The molecule has 21 heavy (non-hydrogen) atoms. The van der Waals surface area contributed by atoms with E-state index in [9.17, 15) is 9.90 Å². The van der Waals surface area contributed by atoms with Crippen molar-refractivity contribution >= 4 is 11.6 Å². The van der Waals surface area contributed by atoms with Crippen molar-refractivity contribution in [3.63, 3.8) is 0 Å². The summed E-state index contributed by atoms with van der Waals surface area (Å²) in [4.78, 5) is 11.8. The number of carbonyl (C=O) groups is 1. The fraction of sp³-hybridized carbons (Fsp3) is 0.235. The normalized spacial score (nSPS) is 10.4. The van der Waals surface area contributed by atoms with E-state index in [2.05, 4.69) is 19.2 Å². The highest BCUT2D eigenvalue weighted by Crippen LogP contribution is 2.19. The lowest BCUT2D eigenvalue weighted by Crippen LogP contribution is -2.20. The molecule has 4 heteroatoms. The van der Waals surface area contributed by atoms with E-state index >= 15 is 0 Å². The molecule has 0 aliphatic rings. The highest BCUT2D eigenvalue weighted by molar-refractivity contribution is 5.92. The number of anilines is 1. The van der Waals surface area contributed by atoms with Crippen molar-refractivity contribution in [1.29, 1.82) is 0 Å². The number of carbonyl (C=O) groups excluding carboxylic acids is 1. The number of aromatic hydroxyl groups is 1. The van der Waals surface area contributed by atoms with Gasteiger partial charge in [-0.15, -0.1) is 0 Å². The van der Waals surface area contributed by atoms with E-state index in [1.54, 1.807) is 18.2 Å². The molecule has 2 N–H and O–H groups in total. The van der Waals surface area contributed by atoms with Gasteiger partial charge in [0.05, 0.1) is 0 Å². The summed E-state index contributed by atoms with van der Waals surface area (Å²) < 4.78 is 5.43. The molecule has 2 aromatic carbocycles. The molecule has 0 aromatic heterocycles. The number of rotatable bonds is 5. The number of benzene rings is 2. The van der Waals surface area contributed by atoms with Crippen LogP contribution in [0.3, 0.4) is 0 Å². The largest absolute Gasteiger partial charge is 0.508 e. The molecule has 2 rings (SSSR count). The first-order valence-corrected chi connectivity index (χ1v) is 6.86. The topological polar surface area (TPSA) is 58.6 Å². The summed E-state index contributed by atoms with van der Waals surface area (Å²) in [5, 5.41) is 12.0. The van der Waals surface area contributed by atoms with Gasteiger partial charge in [-0.2, -0.15) is 0 Å². The molecular weight excluding hydrogens is 266 g/mol. The fourth-order valence-electron chi connectivity index (χ4n) is 1.88. The molecular formula is C17H19NO3. The average molecular weight is 285 g/mol. The van der Waals surface area contributed by atoms with Crippen LogP contribution in [0.2, 0.25) is 0 Å². The van der Waals surface area contributed by atoms with Gasteiger partial charge in [0.2, 0.25) is 0 Å². The maximum atomic E-state index is 11.8. The molecule has 0 atom stereocenters. The highest BCUT2D eigenvalue weighted by Gasteiger charge is 2.05. The maximum Gasteiger partial charge on any atom is 0.262 e. The SMILES string of the molecule is CC(C)c1ccc(OCC(=O)Nc2cccc(O)c2)cc1. The number of nitrogens with one attached hydrogen (secondary N) is 1. The predicted molar refractivity (Wildman–Crippen MR) is 82.8 cm³/mol. The third kappa shape index (κ3) is 4.53. The first kappa shape index (κ1) is 14.9. The van der Waals surface area contributed by atoms with E-state index in [1.807, 2.05) is 24.3 Å². The number of hydrogen-bond donors (Lipinski definition) is 2. The summed E-state index contributed by atoms with van der Waals surface area (Å²) >= 11 is 0. The van der Waals surface area contributed by atoms with Gasteiger partial charge in [0.1, 0.15) is 11.5 Å². The van der Waals surface area contributed by atoms with E-state index in [1.165, 1.54) is 11.6 Å². The van der Waals surface area contributed by atoms with Crippen LogP contribution in [-0.4, -0.2) is 17.6 Å². The molecule has 0 heterocycles. The van der Waals surface area contributed by atoms with Crippen LogP contribution in [0.4, 0.5) is 5.69 Å². The van der Waals surface area contributed by atoms with Crippen LogP contribution in [0.1, 0.15) is 25.3 Å². The highest BCUT2D eigenvalue weighted by atomic mass is 16.5. The molecule has 0 bridgehead atoms. The lowest BCUT2D eigenvalue weighted by Gasteiger charge is -2.09. The molecule has 0 fully saturated rings. The Bertz CT molecular complexity index is 606. The van der Waals surface area contributed by atoms with Gasteiger partial charge in [0.25, 0.3) is 5.91 Å². The number of amides is 1. The third-order valence-electron chi connectivity index (χ3n) is 3.05. The predicted octanol–water partition coefficient (Wildman–Crippen LogP) is 3.53. The molecule has 110 valence electrons. The van der Waals surface area contributed by atoms with Gasteiger partial charge in [-0.3, -0.25) is 4.79 Å². The molecule has 0 spiro atoms. The van der Waals surface area contributed by atoms with E-state index in [0.29, 0.717) is 17.4 Å². The van der Waals surface area contributed by atoms with Crippen LogP contribution in [0.15, 0.2) is 48.5 Å². The van der Waals surface area contributed by atoms with E-state index < -0.39 is 0 Å². The van der Waals surface area contributed by atoms with Crippen molar-refractivity contribution in [3.8, 4) is 11.5 Å². The van der Waals surface area contributed by atoms with Gasteiger partial charge in [-0.05, 0) is 35.7 Å². The first-order chi connectivity index (χ1) is 10.0. The van der Waals surface area contributed by atoms with Crippen LogP contribution >= 0.6 is 0 Å². The van der Waals surface area contributed by atoms with Crippen molar-refractivity contribution in [2.45, 2.75) is 19.8 Å². The van der Waals surface area contributed by atoms with E-state index in [-0.39, 0.29) is 18.3 Å². The maximum absolute atomic E-state index is 11.8. The van der Waals surface area contributed by atoms with Gasteiger partial charge in [-0.25, -0.2) is 0 Å². The van der Waals surface area contributed by atoms with Gasteiger partial charge < -0.3 is 15.2 Å². The quantitative estimate of drug-likeness (QED) is 0.883. The smallest absolute Gasteiger partial charge is 0.262 e. The van der Waals surface area contributed by atoms with Crippen molar-refractivity contribution < 1.29 is 14.6 Å². The summed E-state index contributed by atoms with van der Waals surface area (Å²) in [6.45, 7) is 4.17. The number of hydrogen-bond acceptors (Lipinski definition) is 3. The minimum atomic E-state index is -0.270. The van der Waals surface area contributed by atoms with Gasteiger partial charge in [-0.1, -0.05) is 32.0 Å². The minimum Gasteiger partial charge on any atom is -0.508 e. The second-order valence-corrected chi connectivity index (χ2v) is 5.11. The standard InChI is InChI=1S/C17H19NO3/c1-12(2)13-6-8-16(9-7-13)21-11-17(20)18-14-4-3-5-15(19)10-14/h3-10,12,19H,11H2,1-2H3,(H,18,20). The molecule has 0 unspecified atom stereocenters. The average Bonchev–Trinajstić information content (AvgIpc) is 2.45. The lowest BCUT2D eigenvalue weighted by atomic mass is 10.0. The zero-order valence-electron chi connectivity index (χ0n) is 12.2. The van der Waals surface area contributed by atoms with Crippen LogP contribution in [0.5, 0.6) is 11.5 Å². The summed E-state index contributed by atoms with van der Waals surface area (Å²) in [5.41, 5.74) is 1.77. The molecule has 0 aliphatic carbocycles. The Morgan fingerprint density at radius 2 is 1.90 bits per heavy atom. The lowest BCUT2D eigenvalue weighted by molar-refractivity contribution is -0.118. The van der Waals surface area contributed by atoms with E-state index in [0.717, 1.165) is 0 Å². The van der Waals surface area contributed by atoms with Crippen molar-refractivity contribution in [1.82, 2.24) is 0 Å². The molecule has 0 radical (unpaired) electrons. The Labute approximate surface area is 124 Å². The Balaban J connectivity index is 1.86. The second kappa shape index (κ2) is 6.79. The van der Waals surface area contributed by atoms with Gasteiger partial charge in [0, 0.05) is 11.8 Å². The zero-order valence-corrected chi connectivity index (χ0v) is 12.2. The first-order valence-electron chi connectivity index (χ1n) is 6.86. The summed E-state index contributed by atoms with van der Waals surface area (Å²) in [6, 6.07) is 14.1. The molecule has 0 saturated heterocycles. The van der Waals surface area contributed by atoms with Crippen LogP contribution in [-0.2, 0) is 4.79 Å².